The quantitative estimate of drug-likeness (QED) is 0.518. The van der Waals surface area contributed by atoms with E-state index in [1.165, 1.54) is 24.6 Å². The van der Waals surface area contributed by atoms with Gasteiger partial charge in [-0.05, 0) is 24.3 Å². The molecule has 0 aliphatic carbocycles. The Morgan fingerprint density at radius 3 is 2.31 bits per heavy atom. The molecule has 0 amide bonds. The fourth-order valence-electron chi connectivity index (χ4n) is 3.63. The molecule has 0 saturated carbocycles. The lowest BCUT2D eigenvalue weighted by atomic mass is 10.1. The first kappa shape index (κ1) is 22.4. The molecule has 1 aromatic heterocycles. The summed E-state index contributed by atoms with van der Waals surface area (Å²) in [5, 5.41) is 2.86. The highest BCUT2D eigenvalue weighted by Crippen LogP contribution is 2.35. The number of rotatable bonds is 7. The average molecular weight is 476 g/mol. The number of thiazole rings is 1. The van der Waals surface area contributed by atoms with E-state index in [9.17, 15) is 8.42 Å². The lowest BCUT2D eigenvalue weighted by Gasteiger charge is -2.34. The van der Waals surface area contributed by atoms with E-state index in [1.807, 2.05) is 29.6 Å². The lowest BCUT2D eigenvalue weighted by Crippen LogP contribution is -2.48. The highest BCUT2D eigenvalue weighted by molar-refractivity contribution is 7.89. The van der Waals surface area contributed by atoms with E-state index in [2.05, 4.69) is 4.90 Å². The molecule has 2 heterocycles. The number of methoxy groups -OCH3 is 3. The van der Waals surface area contributed by atoms with E-state index < -0.39 is 10.0 Å². The summed E-state index contributed by atoms with van der Waals surface area (Å²) >= 11 is 1.54. The molecule has 3 aromatic rings. The Hall–Kier alpha value is -2.82. The van der Waals surface area contributed by atoms with Gasteiger partial charge in [-0.3, -0.25) is 0 Å². The molecule has 1 fully saturated rings. The molecule has 170 valence electrons. The number of sulfonamides is 1. The Morgan fingerprint density at radius 1 is 0.906 bits per heavy atom. The number of aromatic nitrogens is 1. The predicted molar refractivity (Wildman–Crippen MR) is 125 cm³/mol. The third-order valence-electron chi connectivity index (χ3n) is 5.37. The molecule has 1 saturated heterocycles. The van der Waals surface area contributed by atoms with E-state index in [0.29, 0.717) is 37.7 Å². The van der Waals surface area contributed by atoms with Gasteiger partial charge in [-0.25, -0.2) is 13.4 Å². The monoisotopic (exact) mass is 475 g/mol. The molecule has 1 aliphatic heterocycles. The zero-order chi connectivity index (χ0) is 22.7. The van der Waals surface area contributed by atoms with Crippen LogP contribution in [0.1, 0.15) is 0 Å². The summed E-state index contributed by atoms with van der Waals surface area (Å²) in [5.74, 6) is 1.54. The van der Waals surface area contributed by atoms with Crippen LogP contribution in [0, 0.1) is 0 Å². The van der Waals surface area contributed by atoms with Gasteiger partial charge in [-0.15, -0.1) is 11.3 Å². The fraction of sp³-hybridized carbons (Fsp3) is 0.318. The second kappa shape index (κ2) is 9.35. The first-order chi connectivity index (χ1) is 15.5. The summed E-state index contributed by atoms with van der Waals surface area (Å²) in [6.45, 7) is 1.80. The third kappa shape index (κ3) is 4.25. The van der Waals surface area contributed by atoms with Crippen LogP contribution in [0.3, 0.4) is 0 Å². The number of hydrogen-bond acceptors (Lipinski definition) is 8. The van der Waals surface area contributed by atoms with Crippen LogP contribution >= 0.6 is 11.3 Å². The van der Waals surface area contributed by atoms with Crippen molar-refractivity contribution in [1.29, 1.82) is 0 Å². The van der Waals surface area contributed by atoms with Crippen molar-refractivity contribution in [3.05, 3.63) is 47.8 Å². The van der Waals surface area contributed by atoms with E-state index in [4.69, 9.17) is 19.2 Å². The molecular weight excluding hydrogens is 450 g/mol. The Kier molecular flexibility index (Phi) is 6.54. The maximum atomic E-state index is 13.3. The number of para-hydroxylation sites is 1. The van der Waals surface area contributed by atoms with Gasteiger partial charge in [0.15, 0.2) is 5.13 Å². The fourth-order valence-corrected chi connectivity index (χ4v) is 6.11. The van der Waals surface area contributed by atoms with Gasteiger partial charge in [-0.1, -0.05) is 12.1 Å². The highest BCUT2D eigenvalue weighted by atomic mass is 32.2. The molecule has 8 nitrogen and oxygen atoms in total. The molecule has 0 N–H and O–H groups in total. The van der Waals surface area contributed by atoms with Crippen LogP contribution in [-0.4, -0.2) is 65.2 Å². The van der Waals surface area contributed by atoms with Gasteiger partial charge < -0.3 is 19.1 Å². The predicted octanol–water partition coefficient (Wildman–Crippen LogP) is 3.35. The summed E-state index contributed by atoms with van der Waals surface area (Å²) in [6, 6.07) is 12.5. The van der Waals surface area contributed by atoms with Crippen molar-refractivity contribution in [2.75, 3.05) is 52.4 Å². The van der Waals surface area contributed by atoms with Crippen molar-refractivity contribution in [3.8, 4) is 28.5 Å². The van der Waals surface area contributed by atoms with Crippen molar-refractivity contribution in [1.82, 2.24) is 9.29 Å². The number of piperazine rings is 1. The van der Waals surface area contributed by atoms with Crippen molar-refractivity contribution in [3.63, 3.8) is 0 Å². The second-order valence-corrected chi connectivity index (χ2v) is 9.87. The normalized spacial score (nSPS) is 14.9. The second-order valence-electron chi connectivity index (χ2n) is 7.12. The van der Waals surface area contributed by atoms with Gasteiger partial charge >= 0.3 is 0 Å². The molecule has 1 aliphatic rings. The SMILES string of the molecule is COc1ccc(OC)c(S(=O)(=O)N2CCN(c3nc(-c4ccccc4OC)cs3)CC2)c1. The molecule has 0 spiro atoms. The molecule has 0 atom stereocenters. The minimum absolute atomic E-state index is 0.112. The van der Waals surface area contributed by atoms with Crippen LogP contribution in [0.15, 0.2) is 52.7 Å². The number of ether oxygens (including phenoxy) is 3. The zero-order valence-electron chi connectivity index (χ0n) is 18.1. The maximum absolute atomic E-state index is 13.3. The summed E-state index contributed by atoms with van der Waals surface area (Å²) in [6.07, 6.45) is 0. The topological polar surface area (TPSA) is 81.2 Å². The van der Waals surface area contributed by atoms with E-state index in [0.717, 1.165) is 22.1 Å². The van der Waals surface area contributed by atoms with Gasteiger partial charge in [0, 0.05) is 43.2 Å². The first-order valence-corrected chi connectivity index (χ1v) is 12.4. The number of hydrogen-bond donors (Lipinski definition) is 0. The largest absolute Gasteiger partial charge is 0.497 e. The van der Waals surface area contributed by atoms with Crippen molar-refractivity contribution in [2.24, 2.45) is 0 Å². The standard InChI is InChI=1S/C22H25N3O5S2/c1-28-16-8-9-20(30-3)21(14-16)32(26,27)25-12-10-24(11-13-25)22-23-18(15-31-22)17-6-4-5-7-19(17)29-2/h4-9,14-15H,10-13H2,1-3H3. The number of anilines is 1. The Morgan fingerprint density at radius 2 is 1.62 bits per heavy atom. The summed E-state index contributed by atoms with van der Waals surface area (Å²) in [7, 11) is 0.883. The average Bonchev–Trinajstić information content (AvgIpc) is 3.33. The van der Waals surface area contributed by atoms with Crippen LogP contribution in [0.2, 0.25) is 0 Å². The van der Waals surface area contributed by atoms with Gasteiger partial charge in [0.25, 0.3) is 0 Å². The minimum Gasteiger partial charge on any atom is -0.497 e. The molecular formula is C22H25N3O5S2. The molecule has 2 aromatic carbocycles. The van der Waals surface area contributed by atoms with E-state index in [-0.39, 0.29) is 4.90 Å². The van der Waals surface area contributed by atoms with Crippen LogP contribution < -0.4 is 19.1 Å². The molecule has 4 rings (SSSR count). The Bertz CT molecular complexity index is 1190. The minimum atomic E-state index is -3.72. The Balaban J connectivity index is 1.50. The van der Waals surface area contributed by atoms with Gasteiger partial charge in [0.05, 0.1) is 27.0 Å². The van der Waals surface area contributed by atoms with E-state index >= 15 is 0 Å². The Labute approximate surface area is 192 Å². The molecule has 0 radical (unpaired) electrons. The van der Waals surface area contributed by atoms with Crippen LogP contribution in [-0.2, 0) is 10.0 Å². The van der Waals surface area contributed by atoms with Crippen LogP contribution in [0.25, 0.3) is 11.3 Å². The van der Waals surface area contributed by atoms with Crippen LogP contribution in [0.5, 0.6) is 17.2 Å². The molecule has 32 heavy (non-hydrogen) atoms. The summed E-state index contributed by atoms with van der Waals surface area (Å²) in [5.41, 5.74) is 1.78. The third-order valence-corrected chi connectivity index (χ3v) is 8.19. The zero-order valence-corrected chi connectivity index (χ0v) is 19.8. The van der Waals surface area contributed by atoms with Gasteiger partial charge in [-0.2, -0.15) is 4.31 Å². The maximum Gasteiger partial charge on any atom is 0.247 e. The van der Waals surface area contributed by atoms with Crippen molar-refractivity contribution in [2.45, 2.75) is 4.90 Å². The molecule has 0 unspecified atom stereocenters. The van der Waals surface area contributed by atoms with Crippen molar-refractivity contribution < 1.29 is 22.6 Å². The lowest BCUT2D eigenvalue weighted by molar-refractivity contribution is 0.370. The number of nitrogens with zero attached hydrogens (tertiary/aromatic N) is 3. The smallest absolute Gasteiger partial charge is 0.247 e. The van der Waals surface area contributed by atoms with Crippen molar-refractivity contribution >= 4 is 26.5 Å². The van der Waals surface area contributed by atoms with Gasteiger partial charge in [0.2, 0.25) is 10.0 Å². The summed E-state index contributed by atoms with van der Waals surface area (Å²) in [4.78, 5) is 6.99. The van der Waals surface area contributed by atoms with Gasteiger partial charge in [0.1, 0.15) is 22.1 Å². The number of benzene rings is 2. The molecule has 0 bridgehead atoms. The molecule has 10 heteroatoms. The van der Waals surface area contributed by atoms with Crippen LogP contribution in [0.4, 0.5) is 5.13 Å². The highest BCUT2D eigenvalue weighted by Gasteiger charge is 2.32. The van der Waals surface area contributed by atoms with E-state index in [1.54, 1.807) is 30.6 Å². The first-order valence-electron chi connectivity index (χ1n) is 10.0. The summed E-state index contributed by atoms with van der Waals surface area (Å²) < 4.78 is 44.0.